The molecule has 1 aliphatic heterocycles. The zero-order valence-electron chi connectivity index (χ0n) is 15.8. The predicted octanol–water partition coefficient (Wildman–Crippen LogP) is 2.57. The van der Waals surface area contributed by atoms with Gasteiger partial charge < -0.3 is 9.64 Å². The van der Waals surface area contributed by atoms with Gasteiger partial charge in [-0.15, -0.1) is 5.10 Å². The number of tetrazole rings is 1. The van der Waals surface area contributed by atoms with Gasteiger partial charge in [-0.3, -0.25) is 4.79 Å². The number of amides is 1. The van der Waals surface area contributed by atoms with Gasteiger partial charge in [0.15, 0.2) is 0 Å². The van der Waals surface area contributed by atoms with Crippen LogP contribution in [0.2, 0.25) is 0 Å². The van der Waals surface area contributed by atoms with Crippen LogP contribution in [0.25, 0.3) is 5.69 Å². The third-order valence-corrected chi connectivity index (χ3v) is 4.94. The highest BCUT2D eigenvalue weighted by Crippen LogP contribution is 2.24. The zero-order chi connectivity index (χ0) is 20.1. The van der Waals surface area contributed by atoms with E-state index in [0.717, 1.165) is 24.9 Å². The lowest BCUT2D eigenvalue weighted by atomic mass is 10.1. The molecular weight excluding hydrogens is 370 g/mol. The van der Waals surface area contributed by atoms with Gasteiger partial charge in [0.1, 0.15) is 6.33 Å². The minimum atomic E-state index is -0.957. The summed E-state index contributed by atoms with van der Waals surface area (Å²) in [6.07, 6.45) is 3.57. The predicted molar refractivity (Wildman–Crippen MR) is 104 cm³/mol. The Balaban J connectivity index is 1.53. The van der Waals surface area contributed by atoms with Crippen molar-refractivity contribution < 1.29 is 14.3 Å². The molecule has 1 fully saturated rings. The number of carbonyl (C=O) groups is 2. The van der Waals surface area contributed by atoms with E-state index in [9.17, 15) is 9.59 Å². The van der Waals surface area contributed by atoms with Gasteiger partial charge in [0.05, 0.1) is 11.3 Å². The van der Waals surface area contributed by atoms with E-state index >= 15 is 0 Å². The first-order valence-corrected chi connectivity index (χ1v) is 9.60. The van der Waals surface area contributed by atoms with Gasteiger partial charge >= 0.3 is 5.97 Å². The Morgan fingerprint density at radius 3 is 2.31 bits per heavy atom. The Bertz CT molecular complexity index is 952. The van der Waals surface area contributed by atoms with Crippen LogP contribution in [0.4, 0.5) is 0 Å². The Hall–Kier alpha value is -3.55. The molecular formula is C21H21N5O3. The lowest BCUT2D eigenvalue weighted by Crippen LogP contribution is -2.40. The molecule has 2 aromatic carbocycles. The molecule has 1 aliphatic rings. The molecule has 1 aromatic heterocycles. The molecule has 2 heterocycles. The minimum absolute atomic E-state index is 0.172. The van der Waals surface area contributed by atoms with Crippen molar-refractivity contribution in [3.05, 3.63) is 72.1 Å². The minimum Gasteiger partial charge on any atom is -0.444 e. The number of hydrogen-bond donors (Lipinski definition) is 0. The first kappa shape index (κ1) is 18.8. The molecule has 8 nitrogen and oxygen atoms in total. The van der Waals surface area contributed by atoms with Gasteiger partial charge in [0.2, 0.25) is 6.10 Å². The van der Waals surface area contributed by atoms with Gasteiger partial charge in [-0.25, -0.2) is 9.48 Å². The summed E-state index contributed by atoms with van der Waals surface area (Å²) in [6.45, 7) is 1.39. The maximum Gasteiger partial charge on any atom is 0.339 e. The smallest absolute Gasteiger partial charge is 0.339 e. The van der Waals surface area contributed by atoms with Crippen LogP contribution in [0.3, 0.4) is 0 Å². The SMILES string of the molecule is O=C(O[C@H](C(=O)N1CCCCC1)c1ccccc1)c1ccc(-n2cnnn2)cc1. The van der Waals surface area contributed by atoms with E-state index in [1.54, 1.807) is 41.3 Å². The van der Waals surface area contributed by atoms with Crippen molar-refractivity contribution >= 4 is 11.9 Å². The van der Waals surface area contributed by atoms with Crippen LogP contribution in [0.5, 0.6) is 0 Å². The fraction of sp³-hybridized carbons (Fsp3) is 0.286. The highest BCUT2D eigenvalue weighted by molar-refractivity contribution is 5.93. The van der Waals surface area contributed by atoms with Crippen LogP contribution in [-0.2, 0) is 9.53 Å². The first-order valence-electron chi connectivity index (χ1n) is 9.60. The maximum absolute atomic E-state index is 13.1. The number of benzene rings is 2. The summed E-state index contributed by atoms with van der Waals surface area (Å²) in [5.41, 5.74) is 1.74. The third kappa shape index (κ3) is 4.31. The van der Waals surface area contributed by atoms with E-state index in [1.807, 2.05) is 18.2 Å². The van der Waals surface area contributed by atoms with Gasteiger partial charge in [-0.05, 0) is 54.0 Å². The average Bonchev–Trinajstić information content (AvgIpc) is 3.33. The summed E-state index contributed by atoms with van der Waals surface area (Å²) in [7, 11) is 0. The maximum atomic E-state index is 13.1. The van der Waals surface area contributed by atoms with Crippen LogP contribution < -0.4 is 0 Å². The van der Waals surface area contributed by atoms with Crippen LogP contribution in [0.1, 0.15) is 41.3 Å². The van der Waals surface area contributed by atoms with Gasteiger partial charge in [0.25, 0.3) is 5.91 Å². The molecule has 8 heteroatoms. The second kappa shape index (κ2) is 8.64. The molecule has 0 saturated carbocycles. The van der Waals surface area contributed by atoms with E-state index in [-0.39, 0.29) is 5.91 Å². The second-order valence-electron chi connectivity index (χ2n) is 6.88. The highest BCUT2D eigenvalue weighted by Gasteiger charge is 2.30. The van der Waals surface area contributed by atoms with Crippen LogP contribution in [0.15, 0.2) is 60.9 Å². The normalized spacial score (nSPS) is 15.0. The van der Waals surface area contributed by atoms with Crippen LogP contribution >= 0.6 is 0 Å². The number of hydrogen-bond acceptors (Lipinski definition) is 6. The van der Waals surface area contributed by atoms with Crippen molar-refractivity contribution in [2.45, 2.75) is 25.4 Å². The number of carbonyl (C=O) groups excluding carboxylic acids is 2. The van der Waals surface area contributed by atoms with Gasteiger partial charge in [0, 0.05) is 18.7 Å². The third-order valence-electron chi connectivity index (χ3n) is 4.94. The van der Waals surface area contributed by atoms with Crippen molar-refractivity contribution in [1.29, 1.82) is 0 Å². The fourth-order valence-corrected chi connectivity index (χ4v) is 3.37. The molecule has 4 rings (SSSR count). The van der Waals surface area contributed by atoms with E-state index < -0.39 is 12.1 Å². The fourth-order valence-electron chi connectivity index (χ4n) is 3.37. The Morgan fingerprint density at radius 2 is 1.66 bits per heavy atom. The Labute approximate surface area is 168 Å². The molecule has 3 aromatic rings. The Morgan fingerprint density at radius 1 is 0.931 bits per heavy atom. The van der Waals surface area contributed by atoms with Gasteiger partial charge in [-0.1, -0.05) is 30.3 Å². The lowest BCUT2D eigenvalue weighted by Gasteiger charge is -2.30. The molecule has 0 N–H and O–H groups in total. The second-order valence-corrected chi connectivity index (χ2v) is 6.88. The molecule has 0 bridgehead atoms. The van der Waals surface area contributed by atoms with Gasteiger partial charge in [-0.2, -0.15) is 0 Å². The lowest BCUT2D eigenvalue weighted by molar-refractivity contribution is -0.142. The number of nitrogens with zero attached hydrogens (tertiary/aromatic N) is 5. The van der Waals surface area contributed by atoms with Crippen molar-refractivity contribution in [1.82, 2.24) is 25.1 Å². The number of likely N-dealkylation sites (tertiary alicyclic amines) is 1. The molecule has 0 radical (unpaired) electrons. The molecule has 0 spiro atoms. The van der Waals surface area contributed by atoms with Crippen molar-refractivity contribution in [2.75, 3.05) is 13.1 Å². The molecule has 0 unspecified atom stereocenters. The largest absolute Gasteiger partial charge is 0.444 e. The van der Waals surface area contributed by atoms with Crippen LogP contribution in [-0.4, -0.2) is 50.1 Å². The van der Waals surface area contributed by atoms with E-state index in [2.05, 4.69) is 15.5 Å². The number of aromatic nitrogens is 4. The Kier molecular flexibility index (Phi) is 5.60. The van der Waals surface area contributed by atoms with Crippen molar-refractivity contribution in [3.63, 3.8) is 0 Å². The quantitative estimate of drug-likeness (QED) is 0.621. The van der Waals surface area contributed by atoms with Crippen molar-refractivity contribution in [2.24, 2.45) is 0 Å². The summed E-state index contributed by atoms with van der Waals surface area (Å²) >= 11 is 0. The molecule has 1 atom stereocenters. The standard InChI is InChI=1S/C21H21N5O3/c27-20(25-13-5-2-6-14-25)19(16-7-3-1-4-8-16)29-21(28)17-9-11-18(12-10-17)26-15-22-23-24-26/h1,3-4,7-12,15,19H,2,5-6,13-14H2/t19-/m0/s1. The summed E-state index contributed by atoms with van der Waals surface area (Å²) in [5, 5.41) is 11.0. The molecule has 29 heavy (non-hydrogen) atoms. The molecule has 1 amide bonds. The molecule has 148 valence electrons. The zero-order valence-corrected chi connectivity index (χ0v) is 15.8. The van der Waals surface area contributed by atoms with E-state index in [1.165, 1.54) is 11.0 Å². The number of rotatable bonds is 5. The summed E-state index contributed by atoms with van der Waals surface area (Å²) < 4.78 is 7.18. The number of ether oxygens (including phenoxy) is 1. The molecule has 1 saturated heterocycles. The van der Waals surface area contributed by atoms with E-state index in [4.69, 9.17) is 4.74 Å². The first-order chi connectivity index (χ1) is 14.2. The number of esters is 1. The van der Waals surface area contributed by atoms with Crippen LogP contribution in [0, 0.1) is 0 Å². The summed E-state index contributed by atoms with van der Waals surface area (Å²) in [4.78, 5) is 27.7. The monoisotopic (exact) mass is 391 g/mol. The number of piperidine rings is 1. The highest BCUT2D eigenvalue weighted by atomic mass is 16.5. The molecule has 0 aliphatic carbocycles. The van der Waals surface area contributed by atoms with E-state index in [0.29, 0.717) is 24.2 Å². The average molecular weight is 391 g/mol. The summed E-state index contributed by atoms with van der Waals surface area (Å²) in [5.74, 6) is -0.720. The summed E-state index contributed by atoms with van der Waals surface area (Å²) in [6, 6.07) is 15.8. The van der Waals surface area contributed by atoms with Crippen molar-refractivity contribution in [3.8, 4) is 5.69 Å². The topological polar surface area (TPSA) is 90.2 Å².